The summed E-state index contributed by atoms with van der Waals surface area (Å²) in [5, 5.41) is 0. The van der Waals surface area contributed by atoms with E-state index in [2.05, 4.69) is 11.9 Å². The van der Waals surface area contributed by atoms with Crippen molar-refractivity contribution in [1.29, 1.82) is 0 Å². The van der Waals surface area contributed by atoms with E-state index in [0.717, 1.165) is 12.1 Å². The number of aromatic nitrogens is 1. The molecule has 1 heterocycles. The summed E-state index contributed by atoms with van der Waals surface area (Å²) in [6, 6.07) is 3.90. The van der Waals surface area contributed by atoms with E-state index in [1.807, 2.05) is 32.2 Å². The van der Waals surface area contributed by atoms with Crippen molar-refractivity contribution in [3.63, 3.8) is 0 Å². The van der Waals surface area contributed by atoms with Crippen LogP contribution in [0.3, 0.4) is 0 Å². The van der Waals surface area contributed by atoms with Gasteiger partial charge in [-0.1, -0.05) is 26.8 Å². The fourth-order valence-electron chi connectivity index (χ4n) is 1.06. The standard InChI is InChI=1S/C12H17NO2/c1-4-10-5-6-11(13-7-10)8-15-12(14)9(2)3/h5-7,9H,4,8H2,1-3H3. The first-order valence-electron chi connectivity index (χ1n) is 5.24. The van der Waals surface area contributed by atoms with Crippen LogP contribution in [-0.2, 0) is 22.6 Å². The highest BCUT2D eigenvalue weighted by Gasteiger charge is 2.08. The fraction of sp³-hybridized carbons (Fsp3) is 0.500. The number of carbonyl (C=O) groups excluding carboxylic acids is 1. The number of hydrogen-bond donors (Lipinski definition) is 0. The van der Waals surface area contributed by atoms with Crippen LogP contribution in [0.1, 0.15) is 32.0 Å². The topological polar surface area (TPSA) is 39.2 Å². The van der Waals surface area contributed by atoms with Gasteiger partial charge in [0.1, 0.15) is 6.61 Å². The average molecular weight is 207 g/mol. The Hall–Kier alpha value is -1.38. The lowest BCUT2D eigenvalue weighted by atomic mass is 10.2. The number of pyridine rings is 1. The molecule has 0 aliphatic carbocycles. The smallest absolute Gasteiger partial charge is 0.308 e. The zero-order valence-electron chi connectivity index (χ0n) is 9.49. The second-order valence-electron chi connectivity index (χ2n) is 3.77. The van der Waals surface area contributed by atoms with Gasteiger partial charge >= 0.3 is 5.97 Å². The Morgan fingerprint density at radius 3 is 2.67 bits per heavy atom. The lowest BCUT2D eigenvalue weighted by molar-refractivity contribution is -0.148. The van der Waals surface area contributed by atoms with Crippen molar-refractivity contribution in [3.05, 3.63) is 29.6 Å². The minimum Gasteiger partial charge on any atom is -0.459 e. The van der Waals surface area contributed by atoms with E-state index < -0.39 is 0 Å². The molecule has 0 atom stereocenters. The number of esters is 1. The summed E-state index contributed by atoms with van der Waals surface area (Å²) < 4.78 is 5.06. The number of rotatable bonds is 4. The van der Waals surface area contributed by atoms with Gasteiger partial charge < -0.3 is 4.74 Å². The third kappa shape index (κ3) is 3.70. The number of hydrogen-bond acceptors (Lipinski definition) is 3. The largest absolute Gasteiger partial charge is 0.459 e. The molecular formula is C12H17NO2. The minimum atomic E-state index is -0.184. The summed E-state index contributed by atoms with van der Waals surface area (Å²) in [5.74, 6) is -0.267. The predicted octanol–water partition coefficient (Wildman–Crippen LogP) is 2.34. The Morgan fingerprint density at radius 2 is 2.20 bits per heavy atom. The van der Waals surface area contributed by atoms with Crippen molar-refractivity contribution >= 4 is 5.97 Å². The van der Waals surface area contributed by atoms with E-state index in [-0.39, 0.29) is 18.5 Å². The van der Waals surface area contributed by atoms with Crippen LogP contribution in [0.5, 0.6) is 0 Å². The number of ether oxygens (including phenoxy) is 1. The molecule has 0 bridgehead atoms. The first-order chi connectivity index (χ1) is 7.13. The van der Waals surface area contributed by atoms with E-state index in [1.54, 1.807) is 0 Å². The lowest BCUT2D eigenvalue weighted by Crippen LogP contribution is -2.11. The van der Waals surface area contributed by atoms with Gasteiger partial charge in [-0.3, -0.25) is 9.78 Å². The highest BCUT2D eigenvalue weighted by Crippen LogP contribution is 2.04. The maximum Gasteiger partial charge on any atom is 0.308 e. The van der Waals surface area contributed by atoms with Crippen LogP contribution in [-0.4, -0.2) is 11.0 Å². The van der Waals surface area contributed by atoms with Gasteiger partial charge in [-0.15, -0.1) is 0 Å². The van der Waals surface area contributed by atoms with Crippen LogP contribution in [0.4, 0.5) is 0 Å². The zero-order chi connectivity index (χ0) is 11.3. The average Bonchev–Trinajstić information content (AvgIpc) is 2.26. The molecule has 15 heavy (non-hydrogen) atoms. The van der Waals surface area contributed by atoms with Crippen molar-refractivity contribution in [3.8, 4) is 0 Å². The van der Waals surface area contributed by atoms with Crippen LogP contribution in [0.15, 0.2) is 18.3 Å². The zero-order valence-corrected chi connectivity index (χ0v) is 9.49. The first kappa shape index (κ1) is 11.7. The van der Waals surface area contributed by atoms with Gasteiger partial charge in [0.15, 0.2) is 0 Å². The minimum absolute atomic E-state index is 0.0834. The van der Waals surface area contributed by atoms with Gasteiger partial charge in [0.05, 0.1) is 11.6 Å². The molecule has 0 saturated heterocycles. The third-order valence-corrected chi connectivity index (χ3v) is 2.13. The molecule has 0 aromatic carbocycles. The van der Waals surface area contributed by atoms with E-state index >= 15 is 0 Å². The molecule has 82 valence electrons. The number of nitrogens with zero attached hydrogens (tertiary/aromatic N) is 1. The summed E-state index contributed by atoms with van der Waals surface area (Å²) in [7, 11) is 0. The number of carbonyl (C=O) groups is 1. The summed E-state index contributed by atoms with van der Waals surface area (Å²) >= 11 is 0. The van der Waals surface area contributed by atoms with E-state index in [4.69, 9.17) is 4.74 Å². The quantitative estimate of drug-likeness (QED) is 0.711. The van der Waals surface area contributed by atoms with Crippen LogP contribution >= 0.6 is 0 Å². The maximum atomic E-state index is 11.2. The van der Waals surface area contributed by atoms with Gasteiger partial charge in [-0.2, -0.15) is 0 Å². The molecule has 3 heteroatoms. The van der Waals surface area contributed by atoms with Gasteiger partial charge in [0.25, 0.3) is 0 Å². The number of aryl methyl sites for hydroxylation is 1. The molecule has 0 unspecified atom stereocenters. The Kier molecular flexibility index (Phi) is 4.28. The highest BCUT2D eigenvalue weighted by molar-refractivity contribution is 5.71. The Balaban J connectivity index is 2.47. The van der Waals surface area contributed by atoms with Crippen molar-refractivity contribution in [2.24, 2.45) is 5.92 Å². The van der Waals surface area contributed by atoms with Crippen molar-refractivity contribution in [2.45, 2.75) is 33.8 Å². The van der Waals surface area contributed by atoms with Crippen molar-refractivity contribution < 1.29 is 9.53 Å². The van der Waals surface area contributed by atoms with Crippen LogP contribution in [0, 0.1) is 5.92 Å². The monoisotopic (exact) mass is 207 g/mol. The molecule has 1 aromatic rings. The molecule has 0 N–H and O–H groups in total. The molecule has 0 fully saturated rings. The summed E-state index contributed by atoms with van der Waals surface area (Å²) in [6.07, 6.45) is 2.79. The molecular weight excluding hydrogens is 190 g/mol. The Labute approximate surface area is 90.5 Å². The molecule has 0 amide bonds. The van der Waals surface area contributed by atoms with Crippen molar-refractivity contribution in [2.75, 3.05) is 0 Å². The second kappa shape index (κ2) is 5.49. The maximum absolute atomic E-state index is 11.2. The van der Waals surface area contributed by atoms with Crippen LogP contribution in [0.2, 0.25) is 0 Å². The van der Waals surface area contributed by atoms with Crippen LogP contribution in [0.25, 0.3) is 0 Å². The SMILES string of the molecule is CCc1ccc(COC(=O)C(C)C)nc1. The first-order valence-corrected chi connectivity index (χ1v) is 5.24. The van der Waals surface area contributed by atoms with Gasteiger partial charge in [-0.25, -0.2) is 0 Å². The molecule has 0 aliphatic rings. The summed E-state index contributed by atoms with van der Waals surface area (Å²) in [5.41, 5.74) is 1.98. The molecule has 0 spiro atoms. The van der Waals surface area contributed by atoms with E-state index in [9.17, 15) is 4.79 Å². The molecule has 0 saturated carbocycles. The van der Waals surface area contributed by atoms with Gasteiger partial charge in [-0.05, 0) is 18.1 Å². The summed E-state index contributed by atoms with van der Waals surface area (Å²) in [4.78, 5) is 15.4. The third-order valence-electron chi connectivity index (χ3n) is 2.13. The van der Waals surface area contributed by atoms with Crippen LogP contribution < -0.4 is 0 Å². The predicted molar refractivity (Wildman–Crippen MR) is 58.2 cm³/mol. The molecule has 0 radical (unpaired) electrons. The molecule has 1 aromatic heterocycles. The van der Waals surface area contributed by atoms with E-state index in [0.29, 0.717) is 0 Å². The van der Waals surface area contributed by atoms with Gasteiger partial charge in [0.2, 0.25) is 0 Å². The summed E-state index contributed by atoms with van der Waals surface area (Å²) in [6.45, 7) is 5.97. The molecule has 1 rings (SSSR count). The molecule has 3 nitrogen and oxygen atoms in total. The molecule has 0 aliphatic heterocycles. The normalized spacial score (nSPS) is 10.4. The van der Waals surface area contributed by atoms with Crippen molar-refractivity contribution in [1.82, 2.24) is 4.98 Å². The van der Waals surface area contributed by atoms with Gasteiger partial charge in [0, 0.05) is 6.20 Å². The van der Waals surface area contributed by atoms with E-state index in [1.165, 1.54) is 5.56 Å². The Bertz CT molecular complexity index is 317. The fourth-order valence-corrected chi connectivity index (χ4v) is 1.06. The lowest BCUT2D eigenvalue weighted by Gasteiger charge is -2.06. The highest BCUT2D eigenvalue weighted by atomic mass is 16.5. The Morgan fingerprint density at radius 1 is 1.47 bits per heavy atom. The second-order valence-corrected chi connectivity index (χ2v) is 3.77.